The van der Waals surface area contributed by atoms with Crippen molar-refractivity contribution in [2.45, 2.75) is 11.1 Å². The predicted octanol–water partition coefficient (Wildman–Crippen LogP) is 3.11. The van der Waals surface area contributed by atoms with Gasteiger partial charge in [-0.25, -0.2) is 0 Å². The molecular weight excluding hydrogens is 374 g/mol. The minimum absolute atomic E-state index is 0.164. The number of hydrogen-bond donors (Lipinski definition) is 1. The Kier molecular flexibility index (Phi) is 5.69. The minimum atomic E-state index is -3.83. The van der Waals surface area contributed by atoms with Crippen molar-refractivity contribution in [3.63, 3.8) is 0 Å². The SMILES string of the molecule is Cc1cc(OCCNc2ccnnc2)cc(OS(=O)(=O)c2cccs2)c1. The molecule has 0 spiro atoms. The monoisotopic (exact) mass is 391 g/mol. The zero-order chi connectivity index (χ0) is 18.4. The van der Waals surface area contributed by atoms with Gasteiger partial charge < -0.3 is 14.2 Å². The van der Waals surface area contributed by atoms with E-state index < -0.39 is 10.1 Å². The van der Waals surface area contributed by atoms with E-state index in [1.165, 1.54) is 6.07 Å². The lowest BCUT2D eigenvalue weighted by Gasteiger charge is -2.11. The van der Waals surface area contributed by atoms with Gasteiger partial charge in [0.2, 0.25) is 0 Å². The van der Waals surface area contributed by atoms with Crippen molar-refractivity contribution in [2.24, 2.45) is 0 Å². The van der Waals surface area contributed by atoms with Gasteiger partial charge in [-0.3, -0.25) is 0 Å². The Hall–Kier alpha value is -2.65. The first-order valence-corrected chi connectivity index (χ1v) is 10.0. The zero-order valence-electron chi connectivity index (χ0n) is 14.0. The maximum Gasteiger partial charge on any atom is 0.348 e. The zero-order valence-corrected chi connectivity index (χ0v) is 15.6. The first-order valence-electron chi connectivity index (χ1n) is 7.76. The van der Waals surface area contributed by atoms with Crippen LogP contribution in [0.4, 0.5) is 5.69 Å². The standard InChI is InChI=1S/C17H17N3O4S2/c1-13-9-15(23-7-6-18-14-4-5-19-20-12-14)11-16(10-13)24-26(21,22)17-3-2-8-25-17/h2-5,8-12H,6-7H2,1H3,(H,18,19). The maximum atomic E-state index is 12.2. The summed E-state index contributed by atoms with van der Waals surface area (Å²) in [5.41, 5.74) is 1.68. The summed E-state index contributed by atoms with van der Waals surface area (Å²) in [6.45, 7) is 2.80. The van der Waals surface area contributed by atoms with E-state index in [0.717, 1.165) is 22.6 Å². The molecule has 0 atom stereocenters. The third-order valence-electron chi connectivity index (χ3n) is 3.26. The molecule has 9 heteroatoms. The van der Waals surface area contributed by atoms with Gasteiger partial charge in [-0.1, -0.05) is 6.07 Å². The van der Waals surface area contributed by atoms with Crippen LogP contribution in [0.3, 0.4) is 0 Å². The summed E-state index contributed by atoms with van der Waals surface area (Å²) in [6.07, 6.45) is 3.22. The van der Waals surface area contributed by atoms with Crippen LogP contribution in [0.1, 0.15) is 5.56 Å². The number of benzene rings is 1. The highest BCUT2D eigenvalue weighted by molar-refractivity contribution is 7.89. The highest BCUT2D eigenvalue weighted by Crippen LogP contribution is 2.27. The molecule has 0 saturated heterocycles. The van der Waals surface area contributed by atoms with Crippen molar-refractivity contribution in [1.82, 2.24) is 10.2 Å². The molecule has 2 heterocycles. The molecule has 0 aliphatic heterocycles. The molecule has 3 aromatic rings. The Morgan fingerprint density at radius 3 is 2.73 bits per heavy atom. The smallest absolute Gasteiger partial charge is 0.348 e. The van der Waals surface area contributed by atoms with Crippen LogP contribution >= 0.6 is 11.3 Å². The van der Waals surface area contributed by atoms with Gasteiger partial charge in [-0.05, 0) is 42.1 Å². The van der Waals surface area contributed by atoms with Crippen molar-refractivity contribution in [3.8, 4) is 11.5 Å². The van der Waals surface area contributed by atoms with Crippen molar-refractivity contribution in [2.75, 3.05) is 18.5 Å². The average molecular weight is 391 g/mol. The molecule has 1 aromatic carbocycles. The Morgan fingerprint density at radius 1 is 1.15 bits per heavy atom. The first kappa shape index (κ1) is 18.2. The minimum Gasteiger partial charge on any atom is -0.492 e. The Labute approximate surface area is 155 Å². The molecule has 0 unspecified atom stereocenters. The van der Waals surface area contributed by atoms with E-state index in [1.54, 1.807) is 42.0 Å². The summed E-state index contributed by atoms with van der Waals surface area (Å²) < 4.78 is 35.5. The van der Waals surface area contributed by atoms with Gasteiger partial charge >= 0.3 is 10.1 Å². The van der Waals surface area contributed by atoms with Gasteiger partial charge in [0.1, 0.15) is 18.1 Å². The van der Waals surface area contributed by atoms with Gasteiger partial charge in [0.15, 0.2) is 4.21 Å². The van der Waals surface area contributed by atoms with Crippen LogP contribution in [-0.4, -0.2) is 31.8 Å². The predicted molar refractivity (Wildman–Crippen MR) is 99.3 cm³/mol. The molecule has 7 nitrogen and oxygen atoms in total. The summed E-state index contributed by atoms with van der Waals surface area (Å²) in [5.74, 6) is 0.760. The number of thiophene rings is 1. The second-order valence-electron chi connectivity index (χ2n) is 5.36. The van der Waals surface area contributed by atoms with E-state index in [4.69, 9.17) is 8.92 Å². The topological polar surface area (TPSA) is 90.4 Å². The molecule has 136 valence electrons. The first-order chi connectivity index (χ1) is 12.5. The number of nitrogens with zero attached hydrogens (tertiary/aromatic N) is 2. The molecule has 0 amide bonds. The van der Waals surface area contributed by atoms with E-state index in [2.05, 4.69) is 15.5 Å². The lowest BCUT2D eigenvalue weighted by molar-refractivity contribution is 0.331. The third-order valence-corrected chi connectivity index (χ3v) is 5.86. The normalized spacial score (nSPS) is 11.1. The van der Waals surface area contributed by atoms with E-state index in [0.29, 0.717) is 18.9 Å². The summed E-state index contributed by atoms with van der Waals surface area (Å²) in [5, 5.41) is 12.3. The second kappa shape index (κ2) is 8.15. The van der Waals surface area contributed by atoms with E-state index in [1.807, 2.05) is 13.0 Å². The van der Waals surface area contributed by atoms with Crippen LogP contribution in [0.5, 0.6) is 11.5 Å². The number of rotatable bonds is 8. The fraction of sp³-hybridized carbons (Fsp3) is 0.176. The molecule has 1 N–H and O–H groups in total. The molecular formula is C17H17N3O4S2. The number of aryl methyl sites for hydroxylation is 1. The summed E-state index contributed by atoms with van der Waals surface area (Å²) >= 11 is 1.11. The van der Waals surface area contributed by atoms with Crippen LogP contribution < -0.4 is 14.2 Å². The van der Waals surface area contributed by atoms with Crippen LogP contribution in [0.2, 0.25) is 0 Å². The molecule has 3 rings (SSSR count). The fourth-order valence-electron chi connectivity index (χ4n) is 2.18. The molecule has 0 bridgehead atoms. The van der Waals surface area contributed by atoms with Crippen molar-refractivity contribution in [1.29, 1.82) is 0 Å². The van der Waals surface area contributed by atoms with Crippen molar-refractivity contribution in [3.05, 3.63) is 59.7 Å². The number of ether oxygens (including phenoxy) is 1. The molecule has 26 heavy (non-hydrogen) atoms. The number of anilines is 1. The van der Waals surface area contributed by atoms with Gasteiger partial charge in [0, 0.05) is 12.6 Å². The summed E-state index contributed by atoms with van der Waals surface area (Å²) in [6, 6.07) is 10.0. The molecule has 0 aliphatic carbocycles. The summed E-state index contributed by atoms with van der Waals surface area (Å²) in [4.78, 5) is 0. The molecule has 2 aromatic heterocycles. The number of hydrogen-bond acceptors (Lipinski definition) is 8. The maximum absolute atomic E-state index is 12.2. The van der Waals surface area contributed by atoms with E-state index in [9.17, 15) is 8.42 Å². The molecule has 0 saturated carbocycles. The Bertz CT molecular complexity index is 945. The van der Waals surface area contributed by atoms with E-state index >= 15 is 0 Å². The average Bonchev–Trinajstić information content (AvgIpc) is 3.14. The molecule has 0 fully saturated rings. The van der Waals surface area contributed by atoms with Crippen molar-refractivity contribution < 1.29 is 17.3 Å². The van der Waals surface area contributed by atoms with Gasteiger partial charge in [-0.2, -0.15) is 18.6 Å². The second-order valence-corrected chi connectivity index (χ2v) is 8.08. The van der Waals surface area contributed by atoms with Gasteiger partial charge in [-0.15, -0.1) is 11.3 Å². The van der Waals surface area contributed by atoms with Crippen LogP contribution in [0, 0.1) is 6.92 Å². The Morgan fingerprint density at radius 2 is 2.00 bits per heavy atom. The largest absolute Gasteiger partial charge is 0.492 e. The van der Waals surface area contributed by atoms with Crippen LogP contribution in [-0.2, 0) is 10.1 Å². The highest BCUT2D eigenvalue weighted by atomic mass is 32.3. The fourth-order valence-corrected chi connectivity index (χ4v) is 4.04. The van der Waals surface area contributed by atoms with Gasteiger partial charge in [0.05, 0.1) is 18.1 Å². The number of nitrogens with one attached hydrogen (secondary N) is 1. The quantitative estimate of drug-likeness (QED) is 0.466. The Balaban J connectivity index is 1.60. The van der Waals surface area contributed by atoms with Crippen LogP contribution in [0.15, 0.2) is 58.4 Å². The summed E-state index contributed by atoms with van der Waals surface area (Å²) in [7, 11) is -3.83. The van der Waals surface area contributed by atoms with Crippen LogP contribution in [0.25, 0.3) is 0 Å². The van der Waals surface area contributed by atoms with Gasteiger partial charge in [0.25, 0.3) is 0 Å². The molecule has 0 radical (unpaired) electrons. The lowest BCUT2D eigenvalue weighted by Crippen LogP contribution is -2.12. The third kappa shape index (κ3) is 4.93. The number of aromatic nitrogens is 2. The van der Waals surface area contributed by atoms with E-state index in [-0.39, 0.29) is 9.96 Å². The molecule has 0 aliphatic rings. The van der Waals surface area contributed by atoms with Crippen molar-refractivity contribution >= 4 is 27.1 Å². The lowest BCUT2D eigenvalue weighted by atomic mass is 10.2. The highest BCUT2D eigenvalue weighted by Gasteiger charge is 2.18.